The van der Waals surface area contributed by atoms with Gasteiger partial charge in [-0.2, -0.15) is 26.3 Å². The van der Waals surface area contributed by atoms with E-state index in [1.54, 1.807) is 0 Å². The Morgan fingerprint density at radius 2 is 1.97 bits per heavy atom. The Labute approximate surface area is 193 Å². The van der Waals surface area contributed by atoms with E-state index in [0.29, 0.717) is 0 Å². The van der Waals surface area contributed by atoms with Crippen molar-refractivity contribution in [3.63, 3.8) is 0 Å². The van der Waals surface area contributed by atoms with Crippen molar-refractivity contribution in [1.29, 1.82) is 0 Å². The van der Waals surface area contributed by atoms with Crippen LogP contribution < -0.4 is 5.32 Å². The van der Waals surface area contributed by atoms with E-state index in [1.807, 2.05) is 5.32 Å². The summed E-state index contributed by atoms with van der Waals surface area (Å²) in [4.78, 5) is 16.6. The number of carbonyl (C=O) groups excluding carboxylic acids is 1. The number of nitrogens with one attached hydrogen (secondary N) is 1. The highest BCUT2D eigenvalue weighted by atomic mass is 35.5. The van der Waals surface area contributed by atoms with Gasteiger partial charge in [0.1, 0.15) is 11.5 Å². The first-order chi connectivity index (χ1) is 15.8. The number of halogens is 8. The van der Waals surface area contributed by atoms with Crippen LogP contribution in [0.4, 0.5) is 41.2 Å². The van der Waals surface area contributed by atoms with Crippen LogP contribution in [-0.2, 0) is 15.7 Å². The van der Waals surface area contributed by atoms with Crippen LogP contribution in [0.15, 0.2) is 36.5 Å². The van der Waals surface area contributed by atoms with E-state index in [4.69, 9.17) is 16.3 Å². The molecule has 1 aliphatic rings. The number of hydrogen-bond acceptors (Lipinski definition) is 5. The summed E-state index contributed by atoms with van der Waals surface area (Å²) >= 11 is 5.52. The van der Waals surface area contributed by atoms with Crippen molar-refractivity contribution >= 4 is 23.4 Å². The molecule has 1 fully saturated rings. The first-order valence-corrected chi connectivity index (χ1v) is 10.1. The minimum atomic E-state index is -4.92. The minimum Gasteiger partial charge on any atom is -0.435 e. The maximum Gasteiger partial charge on any atom is 0.433 e. The maximum absolute atomic E-state index is 13.5. The number of benzene rings is 1. The van der Waals surface area contributed by atoms with E-state index < -0.39 is 48.7 Å². The molecule has 14 heteroatoms. The fourth-order valence-corrected chi connectivity index (χ4v) is 3.24. The number of rotatable bonds is 5. The van der Waals surface area contributed by atoms with Crippen molar-refractivity contribution in [2.24, 2.45) is 0 Å². The minimum absolute atomic E-state index is 0.00743. The highest BCUT2D eigenvalue weighted by Crippen LogP contribution is 2.30. The summed E-state index contributed by atoms with van der Waals surface area (Å²) in [5.41, 5.74) is -1.01. The van der Waals surface area contributed by atoms with Crippen molar-refractivity contribution in [1.82, 2.24) is 9.88 Å². The van der Waals surface area contributed by atoms with Crippen LogP contribution in [0.2, 0.25) is 5.02 Å². The number of ether oxygens (including phenoxy) is 2. The van der Waals surface area contributed by atoms with Gasteiger partial charge in [-0.1, -0.05) is 17.7 Å². The van der Waals surface area contributed by atoms with Gasteiger partial charge in [0.15, 0.2) is 0 Å². The lowest BCUT2D eigenvalue weighted by molar-refractivity contribution is -0.209. The second-order valence-electron chi connectivity index (χ2n) is 7.28. The van der Waals surface area contributed by atoms with Gasteiger partial charge in [0, 0.05) is 37.1 Å². The lowest BCUT2D eigenvalue weighted by atomic mass is 10.1. The Balaban J connectivity index is 1.64. The molecule has 2 atom stereocenters. The molecule has 0 radical (unpaired) electrons. The molecular formula is C20H17ClF7N3O3. The third-order valence-electron chi connectivity index (χ3n) is 4.80. The van der Waals surface area contributed by atoms with Crippen molar-refractivity contribution in [2.75, 3.05) is 31.6 Å². The number of anilines is 1. The Hall–Kier alpha value is -2.64. The molecule has 0 saturated carbocycles. The molecular weight excluding hydrogens is 499 g/mol. The summed E-state index contributed by atoms with van der Waals surface area (Å²) in [6, 6.07) is 5.00. The molecule has 34 heavy (non-hydrogen) atoms. The lowest BCUT2D eigenvalue weighted by Gasteiger charge is -2.35. The van der Waals surface area contributed by atoms with Gasteiger partial charge >= 0.3 is 18.4 Å². The monoisotopic (exact) mass is 515 g/mol. The van der Waals surface area contributed by atoms with Crippen LogP contribution in [0.5, 0.6) is 0 Å². The van der Waals surface area contributed by atoms with Crippen molar-refractivity contribution in [3.05, 3.63) is 58.6 Å². The number of alkyl halides is 6. The number of carbonyl (C=O) groups is 1. The number of hydrogen-bond donors (Lipinski definition) is 1. The number of amides is 1. The Morgan fingerprint density at radius 1 is 1.24 bits per heavy atom. The molecule has 1 aromatic carbocycles. The van der Waals surface area contributed by atoms with Gasteiger partial charge in [0.2, 0.25) is 6.10 Å². The van der Waals surface area contributed by atoms with Crippen LogP contribution in [0.25, 0.3) is 0 Å². The Morgan fingerprint density at radius 3 is 2.56 bits per heavy atom. The Bertz CT molecular complexity index is 1000. The van der Waals surface area contributed by atoms with Gasteiger partial charge in [0.25, 0.3) is 0 Å². The quantitative estimate of drug-likeness (QED) is 0.537. The zero-order chi connectivity index (χ0) is 25.1. The average molecular weight is 516 g/mol. The van der Waals surface area contributed by atoms with Crippen molar-refractivity contribution in [2.45, 2.75) is 24.6 Å². The Kier molecular flexibility index (Phi) is 7.88. The van der Waals surface area contributed by atoms with E-state index in [1.165, 1.54) is 11.0 Å². The molecule has 0 aliphatic carbocycles. The summed E-state index contributed by atoms with van der Waals surface area (Å²) in [7, 11) is 0. The predicted molar refractivity (Wildman–Crippen MR) is 106 cm³/mol. The van der Waals surface area contributed by atoms with Crippen LogP contribution >= 0.6 is 11.6 Å². The van der Waals surface area contributed by atoms with Gasteiger partial charge in [0.05, 0.1) is 17.7 Å². The van der Waals surface area contributed by atoms with Crippen molar-refractivity contribution in [3.8, 4) is 0 Å². The summed E-state index contributed by atoms with van der Waals surface area (Å²) in [5.74, 6) is -0.885. The highest BCUT2D eigenvalue weighted by molar-refractivity contribution is 6.30. The molecule has 1 aliphatic heterocycles. The summed E-state index contributed by atoms with van der Waals surface area (Å²) in [6.07, 6.45) is -13.4. The largest absolute Gasteiger partial charge is 0.435 e. The second-order valence-corrected chi connectivity index (χ2v) is 7.69. The molecule has 6 nitrogen and oxygen atoms in total. The topological polar surface area (TPSA) is 63.7 Å². The molecule has 0 bridgehead atoms. The van der Waals surface area contributed by atoms with E-state index in [0.717, 1.165) is 30.5 Å². The highest BCUT2D eigenvalue weighted by Gasteiger charge is 2.44. The average Bonchev–Trinajstić information content (AvgIpc) is 2.75. The smallest absolute Gasteiger partial charge is 0.433 e. The van der Waals surface area contributed by atoms with Crippen LogP contribution in [0, 0.1) is 5.82 Å². The number of nitrogens with zero attached hydrogens (tertiary/aromatic N) is 2. The van der Waals surface area contributed by atoms with Crippen LogP contribution in [0.3, 0.4) is 0 Å². The summed E-state index contributed by atoms with van der Waals surface area (Å²) < 4.78 is 102. The molecule has 1 aromatic heterocycles. The molecule has 1 saturated heterocycles. The summed E-state index contributed by atoms with van der Waals surface area (Å²) in [6.45, 7) is -0.802. The first-order valence-electron chi connectivity index (χ1n) is 9.69. The van der Waals surface area contributed by atoms with Gasteiger partial charge in [-0.3, -0.25) is 15.2 Å². The molecule has 1 N–H and O–H groups in total. The van der Waals surface area contributed by atoms with E-state index in [2.05, 4.69) is 9.72 Å². The molecule has 3 rings (SSSR count). The van der Waals surface area contributed by atoms with Crippen LogP contribution in [-0.4, -0.2) is 54.5 Å². The molecule has 0 spiro atoms. The zero-order valence-corrected chi connectivity index (χ0v) is 17.8. The number of pyridine rings is 1. The second kappa shape index (κ2) is 10.3. The fraction of sp³-hybridized carbons (Fsp3) is 0.400. The van der Waals surface area contributed by atoms with E-state index in [-0.39, 0.29) is 36.0 Å². The summed E-state index contributed by atoms with van der Waals surface area (Å²) in [5, 5.41) is 1.76. The number of aromatic nitrogens is 1. The van der Waals surface area contributed by atoms with Gasteiger partial charge < -0.3 is 9.47 Å². The molecule has 1 amide bonds. The van der Waals surface area contributed by atoms with Gasteiger partial charge in [-0.05, 0) is 24.3 Å². The SMILES string of the molecule is O=C(Nc1ccc(Cl)c(F)c1)O[C@@H](CN1CCO[C@@H](c2ccc(C(F)(F)F)nc2)C1)C(F)(F)F. The standard InChI is InChI=1S/C20H17ClF7N3O3/c21-13-3-2-12(7-14(13)22)30-18(32)34-17(20(26,27)28)10-31-5-6-33-15(9-31)11-1-4-16(29-8-11)19(23,24)25/h1-4,7-8,15,17H,5-6,9-10H2,(H,30,32)/t15-,17+/m1/s1. The first kappa shape index (κ1) is 26.0. The lowest BCUT2D eigenvalue weighted by Crippen LogP contribution is -2.48. The normalized spacial score (nSPS) is 18.4. The van der Waals surface area contributed by atoms with E-state index in [9.17, 15) is 35.5 Å². The predicted octanol–water partition coefficient (Wildman–Crippen LogP) is 5.45. The van der Waals surface area contributed by atoms with E-state index >= 15 is 0 Å². The van der Waals surface area contributed by atoms with Crippen LogP contribution in [0.1, 0.15) is 17.4 Å². The number of morpholine rings is 1. The molecule has 186 valence electrons. The third kappa shape index (κ3) is 6.93. The fourth-order valence-electron chi connectivity index (χ4n) is 3.13. The molecule has 0 unspecified atom stereocenters. The third-order valence-corrected chi connectivity index (χ3v) is 5.11. The van der Waals surface area contributed by atoms with Gasteiger partial charge in [-0.25, -0.2) is 9.18 Å². The van der Waals surface area contributed by atoms with Crippen molar-refractivity contribution < 1.29 is 45.0 Å². The zero-order valence-electron chi connectivity index (χ0n) is 17.1. The van der Waals surface area contributed by atoms with Gasteiger partial charge in [-0.15, -0.1) is 0 Å². The molecule has 2 heterocycles. The maximum atomic E-state index is 13.5. The molecule has 2 aromatic rings.